The number of carbonyl (C=O) groups is 3. The lowest BCUT2D eigenvalue weighted by Gasteiger charge is -2.32. The van der Waals surface area contributed by atoms with E-state index >= 15 is 0 Å². The van der Waals surface area contributed by atoms with Crippen LogP contribution in [0.2, 0.25) is 0 Å². The molecule has 0 amide bonds. The molecule has 1 atom stereocenters. The van der Waals surface area contributed by atoms with E-state index in [0.29, 0.717) is 5.57 Å². The van der Waals surface area contributed by atoms with Gasteiger partial charge in [0.25, 0.3) is 3.79 Å². The van der Waals surface area contributed by atoms with Gasteiger partial charge in [-0.25, -0.2) is 4.79 Å². The normalized spacial score (nSPS) is 18.1. The second-order valence-corrected chi connectivity index (χ2v) is 7.15. The van der Waals surface area contributed by atoms with Crippen LogP contribution < -0.4 is 0 Å². The van der Waals surface area contributed by atoms with E-state index in [1.165, 1.54) is 32.4 Å². The molecule has 0 spiro atoms. The summed E-state index contributed by atoms with van der Waals surface area (Å²) in [5.74, 6) is -1.83. The maximum absolute atomic E-state index is 12.4. The molecule has 0 aromatic rings. The van der Waals surface area contributed by atoms with Crippen molar-refractivity contribution < 1.29 is 23.9 Å². The average Bonchev–Trinajstić information content (AvgIpc) is 2.52. The monoisotopic (exact) mass is 395 g/mol. The number of Topliss-reactive ketones (excluding diaryl/α,β-unsaturated/α-hetero) is 1. The summed E-state index contributed by atoms with van der Waals surface area (Å²) in [7, 11) is 4.14. The van der Waals surface area contributed by atoms with Gasteiger partial charge in [0.1, 0.15) is 0 Å². The van der Waals surface area contributed by atoms with Crippen molar-refractivity contribution in [2.75, 3.05) is 21.3 Å². The van der Waals surface area contributed by atoms with Crippen LogP contribution in [0.1, 0.15) is 6.42 Å². The molecule has 6 nitrogen and oxygen atoms in total. The molecule has 0 N–H and O–H groups in total. The van der Waals surface area contributed by atoms with Gasteiger partial charge in [0.05, 0.1) is 26.7 Å². The van der Waals surface area contributed by atoms with Crippen molar-refractivity contribution in [3.05, 3.63) is 35.6 Å². The minimum atomic E-state index is -2.17. The molecule has 0 saturated carbocycles. The van der Waals surface area contributed by atoms with Crippen molar-refractivity contribution >= 4 is 52.5 Å². The van der Waals surface area contributed by atoms with E-state index in [9.17, 15) is 14.4 Å². The van der Waals surface area contributed by atoms with Crippen molar-refractivity contribution in [2.45, 2.75) is 16.3 Å². The van der Waals surface area contributed by atoms with E-state index < -0.39 is 27.6 Å². The standard InChI is InChI=1S/C15H16Cl3NO5/c1-19-8-9(4-5-12(20)23-2)6-10(14(22)15(16,17)18)11(19)7-13(21)24-3/h4-6,8,11H,7H2,1-3H3/b5-4+. The summed E-state index contributed by atoms with van der Waals surface area (Å²) in [6.07, 6.45) is 5.63. The van der Waals surface area contributed by atoms with E-state index in [4.69, 9.17) is 34.8 Å². The minimum absolute atomic E-state index is 0.101. The molecule has 0 bridgehead atoms. The van der Waals surface area contributed by atoms with Crippen molar-refractivity contribution in [3.8, 4) is 0 Å². The number of hydrogen-bond donors (Lipinski definition) is 0. The molecule has 1 heterocycles. The fourth-order valence-electron chi connectivity index (χ4n) is 2.06. The zero-order valence-corrected chi connectivity index (χ0v) is 15.5. The molecule has 0 radical (unpaired) electrons. The molecule has 24 heavy (non-hydrogen) atoms. The first-order valence-electron chi connectivity index (χ1n) is 6.69. The Labute approximate surface area is 154 Å². The van der Waals surface area contributed by atoms with Crippen molar-refractivity contribution in [2.24, 2.45) is 0 Å². The summed E-state index contributed by atoms with van der Waals surface area (Å²) in [4.78, 5) is 36.8. The van der Waals surface area contributed by atoms with Crippen LogP contribution in [-0.2, 0) is 23.9 Å². The summed E-state index contributed by atoms with van der Waals surface area (Å²) in [6.45, 7) is 0. The summed E-state index contributed by atoms with van der Waals surface area (Å²) in [5.41, 5.74) is 0.622. The van der Waals surface area contributed by atoms with Crippen LogP contribution in [0.5, 0.6) is 0 Å². The molecule has 1 rings (SSSR count). The van der Waals surface area contributed by atoms with E-state index in [-0.39, 0.29) is 12.0 Å². The number of likely N-dealkylation sites (N-methyl/N-ethyl adjacent to an activating group) is 1. The van der Waals surface area contributed by atoms with Crippen molar-refractivity contribution in [1.82, 2.24) is 4.90 Å². The second kappa shape index (κ2) is 8.55. The van der Waals surface area contributed by atoms with Gasteiger partial charge in [-0.3, -0.25) is 9.59 Å². The molecule has 0 aromatic carbocycles. The lowest BCUT2D eigenvalue weighted by molar-refractivity contribution is -0.141. The first-order valence-corrected chi connectivity index (χ1v) is 7.83. The van der Waals surface area contributed by atoms with Gasteiger partial charge in [-0.1, -0.05) is 34.8 Å². The smallest absolute Gasteiger partial charge is 0.330 e. The third-order valence-electron chi connectivity index (χ3n) is 3.25. The zero-order valence-electron chi connectivity index (χ0n) is 13.2. The Morgan fingerprint density at radius 2 is 1.88 bits per heavy atom. The highest BCUT2D eigenvalue weighted by Gasteiger charge is 2.39. The Balaban J connectivity index is 3.22. The number of halogens is 3. The zero-order chi connectivity index (χ0) is 18.5. The highest BCUT2D eigenvalue weighted by molar-refractivity contribution is 6.77. The number of ketones is 1. The largest absolute Gasteiger partial charge is 0.469 e. The van der Waals surface area contributed by atoms with E-state index in [2.05, 4.69) is 9.47 Å². The maximum Gasteiger partial charge on any atom is 0.330 e. The van der Waals surface area contributed by atoms with Crippen LogP contribution in [0.4, 0.5) is 0 Å². The number of nitrogens with zero attached hydrogens (tertiary/aromatic N) is 1. The van der Waals surface area contributed by atoms with Crippen molar-refractivity contribution in [1.29, 1.82) is 0 Å². The molecule has 0 aliphatic carbocycles. The molecule has 0 aromatic heterocycles. The summed E-state index contributed by atoms with van der Waals surface area (Å²) < 4.78 is 6.97. The summed E-state index contributed by atoms with van der Waals surface area (Å²) >= 11 is 17.1. The van der Waals surface area contributed by atoms with Crippen LogP contribution in [0.25, 0.3) is 0 Å². The lowest BCUT2D eigenvalue weighted by Crippen LogP contribution is -2.40. The number of carbonyl (C=O) groups excluding carboxylic acids is 3. The molecule has 0 fully saturated rings. The molecule has 132 valence electrons. The number of esters is 2. The van der Waals surface area contributed by atoms with Crippen LogP contribution >= 0.6 is 34.8 Å². The number of hydrogen-bond acceptors (Lipinski definition) is 6. The predicted molar refractivity (Wildman–Crippen MR) is 90.8 cm³/mol. The molecule has 9 heteroatoms. The molecular formula is C15H16Cl3NO5. The highest BCUT2D eigenvalue weighted by Crippen LogP contribution is 2.34. The van der Waals surface area contributed by atoms with Gasteiger partial charge in [0.2, 0.25) is 5.78 Å². The Morgan fingerprint density at radius 1 is 1.25 bits per heavy atom. The fraction of sp³-hybridized carbons (Fsp3) is 0.400. The SMILES string of the molecule is COC(=O)/C=C/C1=CN(C)C(CC(=O)OC)C(C(=O)C(Cl)(Cl)Cl)=C1. The molecule has 0 saturated heterocycles. The predicted octanol–water partition coefficient (Wildman–Crippen LogP) is 2.34. The second-order valence-electron chi connectivity index (χ2n) is 4.87. The minimum Gasteiger partial charge on any atom is -0.469 e. The average molecular weight is 397 g/mol. The third-order valence-corrected chi connectivity index (χ3v) is 3.76. The number of alkyl halides is 3. The Hall–Kier alpha value is -1.50. The quantitative estimate of drug-likeness (QED) is 0.403. The summed E-state index contributed by atoms with van der Waals surface area (Å²) in [5, 5.41) is 0. The Morgan fingerprint density at radius 3 is 2.38 bits per heavy atom. The van der Waals surface area contributed by atoms with Crippen molar-refractivity contribution in [3.63, 3.8) is 0 Å². The van der Waals surface area contributed by atoms with Gasteiger partial charge < -0.3 is 14.4 Å². The molecule has 1 aliphatic heterocycles. The van der Waals surface area contributed by atoms with Gasteiger partial charge in [0, 0.05) is 24.9 Å². The first-order chi connectivity index (χ1) is 11.1. The van der Waals surface area contributed by atoms with E-state index in [0.717, 1.165) is 0 Å². The lowest BCUT2D eigenvalue weighted by atomic mass is 9.93. The molecular weight excluding hydrogens is 381 g/mol. The van der Waals surface area contributed by atoms with E-state index in [1.54, 1.807) is 18.1 Å². The maximum atomic E-state index is 12.4. The Kier molecular flexibility index (Phi) is 7.32. The molecule has 1 aliphatic rings. The fourth-order valence-corrected chi connectivity index (χ4v) is 2.38. The number of rotatable bonds is 5. The van der Waals surface area contributed by atoms with Crippen LogP contribution in [0.15, 0.2) is 35.6 Å². The van der Waals surface area contributed by atoms with Gasteiger partial charge >= 0.3 is 11.9 Å². The third kappa shape index (κ3) is 5.54. The van der Waals surface area contributed by atoms with E-state index in [1.807, 2.05) is 0 Å². The summed E-state index contributed by atoms with van der Waals surface area (Å²) in [6, 6.07) is -0.657. The molecule has 1 unspecified atom stereocenters. The number of methoxy groups -OCH3 is 2. The topological polar surface area (TPSA) is 72.9 Å². The van der Waals surface area contributed by atoms with Crippen LogP contribution in [0.3, 0.4) is 0 Å². The van der Waals surface area contributed by atoms with Crippen LogP contribution in [-0.4, -0.2) is 53.7 Å². The van der Waals surface area contributed by atoms with Gasteiger partial charge in [0.15, 0.2) is 0 Å². The van der Waals surface area contributed by atoms with Gasteiger partial charge in [-0.15, -0.1) is 0 Å². The Bertz CT molecular complexity index is 619. The van der Waals surface area contributed by atoms with Gasteiger partial charge in [-0.2, -0.15) is 0 Å². The first kappa shape index (κ1) is 20.5. The van der Waals surface area contributed by atoms with Gasteiger partial charge in [-0.05, 0) is 17.7 Å². The number of allylic oxidation sites excluding steroid dienone is 3. The number of ether oxygens (including phenoxy) is 2. The van der Waals surface area contributed by atoms with Crippen LogP contribution in [0, 0.1) is 0 Å². The highest BCUT2D eigenvalue weighted by atomic mass is 35.6.